The molecule has 0 saturated carbocycles. The van der Waals surface area contributed by atoms with Gasteiger partial charge in [0.1, 0.15) is 0 Å². The second-order valence-electron chi connectivity index (χ2n) is 4.36. The minimum Gasteiger partial charge on any atom is -0.378 e. The van der Waals surface area contributed by atoms with Crippen LogP contribution in [0.15, 0.2) is 36.8 Å². The zero-order valence-electron chi connectivity index (χ0n) is 10.4. The number of imidazole rings is 1. The molecule has 96 valence electrons. The van der Waals surface area contributed by atoms with Crippen LogP contribution < -0.4 is 5.32 Å². The summed E-state index contributed by atoms with van der Waals surface area (Å²) in [6, 6.07) is 7.70. The van der Waals surface area contributed by atoms with Gasteiger partial charge in [-0.2, -0.15) is 0 Å². The van der Waals surface area contributed by atoms with Crippen LogP contribution in [0.25, 0.3) is 10.9 Å². The third-order valence-corrected chi connectivity index (χ3v) is 3.27. The monoisotopic (exact) mass is 272 g/mol. The van der Waals surface area contributed by atoms with E-state index in [0.717, 1.165) is 28.0 Å². The van der Waals surface area contributed by atoms with E-state index < -0.39 is 0 Å². The highest BCUT2D eigenvalue weighted by Crippen LogP contribution is 2.26. The van der Waals surface area contributed by atoms with Crippen LogP contribution in [0.2, 0.25) is 5.02 Å². The number of aromatic amines is 1. The summed E-state index contributed by atoms with van der Waals surface area (Å²) in [5.41, 5.74) is 3.89. The summed E-state index contributed by atoms with van der Waals surface area (Å²) in [6.45, 7) is 2.64. The molecule has 0 spiro atoms. The van der Waals surface area contributed by atoms with Gasteiger partial charge in [-0.05, 0) is 25.1 Å². The molecule has 0 aliphatic rings. The van der Waals surface area contributed by atoms with Gasteiger partial charge in [-0.1, -0.05) is 17.7 Å². The molecular weight excluding hydrogens is 260 g/mol. The standard InChI is InChI=1S/C14H13ClN4/c1-9-13(19-8-18-9)7-17-12-6-11(15)5-10-3-2-4-16-14(10)12/h2-6,8,17H,7H2,1H3,(H,18,19). The first-order valence-electron chi connectivity index (χ1n) is 6.01. The van der Waals surface area contributed by atoms with E-state index in [1.807, 2.05) is 31.2 Å². The van der Waals surface area contributed by atoms with E-state index in [1.165, 1.54) is 0 Å². The van der Waals surface area contributed by atoms with Crippen molar-refractivity contribution in [3.63, 3.8) is 0 Å². The molecule has 0 atom stereocenters. The van der Waals surface area contributed by atoms with Gasteiger partial charge >= 0.3 is 0 Å². The first kappa shape index (κ1) is 12.0. The Balaban J connectivity index is 1.94. The summed E-state index contributed by atoms with van der Waals surface area (Å²) >= 11 is 6.13. The Kier molecular flexibility index (Phi) is 3.09. The van der Waals surface area contributed by atoms with Gasteiger partial charge in [-0.25, -0.2) is 4.98 Å². The number of H-pyrrole nitrogens is 1. The number of fused-ring (bicyclic) bond motifs is 1. The molecule has 2 N–H and O–H groups in total. The number of aromatic nitrogens is 3. The Morgan fingerprint density at radius 2 is 2.21 bits per heavy atom. The van der Waals surface area contributed by atoms with Crippen LogP contribution in [-0.4, -0.2) is 15.0 Å². The molecule has 4 nitrogen and oxygen atoms in total. The number of anilines is 1. The zero-order valence-corrected chi connectivity index (χ0v) is 11.2. The number of nitrogens with one attached hydrogen (secondary N) is 2. The lowest BCUT2D eigenvalue weighted by atomic mass is 10.2. The van der Waals surface area contributed by atoms with Gasteiger partial charge in [0.15, 0.2) is 0 Å². The second kappa shape index (κ2) is 4.90. The number of benzene rings is 1. The van der Waals surface area contributed by atoms with E-state index in [9.17, 15) is 0 Å². The minimum absolute atomic E-state index is 0.640. The maximum Gasteiger partial charge on any atom is 0.0934 e. The number of nitrogens with zero attached hydrogens (tertiary/aromatic N) is 2. The highest BCUT2D eigenvalue weighted by Gasteiger charge is 2.06. The summed E-state index contributed by atoms with van der Waals surface area (Å²) in [6.07, 6.45) is 3.47. The van der Waals surface area contributed by atoms with Gasteiger partial charge in [0.25, 0.3) is 0 Å². The van der Waals surface area contributed by atoms with Crippen molar-refractivity contribution in [2.75, 3.05) is 5.32 Å². The van der Waals surface area contributed by atoms with Crippen molar-refractivity contribution in [2.24, 2.45) is 0 Å². The molecule has 3 aromatic rings. The summed E-state index contributed by atoms with van der Waals surface area (Å²) in [4.78, 5) is 11.7. The molecule has 0 saturated heterocycles. The molecule has 5 heteroatoms. The number of hydrogen-bond acceptors (Lipinski definition) is 3. The normalized spacial score (nSPS) is 10.8. The lowest BCUT2D eigenvalue weighted by Gasteiger charge is -2.09. The highest BCUT2D eigenvalue weighted by atomic mass is 35.5. The quantitative estimate of drug-likeness (QED) is 0.767. The number of aryl methyl sites for hydroxylation is 1. The molecule has 0 radical (unpaired) electrons. The van der Waals surface area contributed by atoms with Crippen molar-refractivity contribution in [3.05, 3.63) is 53.2 Å². The van der Waals surface area contributed by atoms with E-state index in [2.05, 4.69) is 20.3 Å². The predicted octanol–water partition coefficient (Wildman–Crippen LogP) is 3.53. The van der Waals surface area contributed by atoms with E-state index in [0.29, 0.717) is 11.6 Å². The zero-order chi connectivity index (χ0) is 13.2. The van der Waals surface area contributed by atoms with Crippen molar-refractivity contribution in [1.82, 2.24) is 15.0 Å². The Morgan fingerprint density at radius 3 is 3.00 bits per heavy atom. The van der Waals surface area contributed by atoms with Gasteiger partial charge in [0.05, 0.1) is 29.8 Å². The maximum absolute atomic E-state index is 6.13. The lowest BCUT2D eigenvalue weighted by Crippen LogP contribution is -2.02. The molecule has 1 aromatic carbocycles. The summed E-state index contributed by atoms with van der Waals surface area (Å²) in [7, 11) is 0. The van der Waals surface area contributed by atoms with Gasteiger partial charge in [-0.3, -0.25) is 4.98 Å². The fourth-order valence-corrected chi connectivity index (χ4v) is 2.26. The Labute approximate surface area is 115 Å². The van der Waals surface area contributed by atoms with E-state index in [1.54, 1.807) is 12.5 Å². The number of halogens is 1. The van der Waals surface area contributed by atoms with Crippen LogP contribution >= 0.6 is 11.6 Å². The SMILES string of the molecule is Cc1[nH]cnc1CNc1cc(Cl)cc2cccnc12. The average molecular weight is 273 g/mol. The first-order chi connectivity index (χ1) is 9.24. The number of hydrogen-bond donors (Lipinski definition) is 2. The smallest absolute Gasteiger partial charge is 0.0934 e. The van der Waals surface area contributed by atoms with Crippen LogP contribution in [0.1, 0.15) is 11.4 Å². The van der Waals surface area contributed by atoms with Gasteiger partial charge in [-0.15, -0.1) is 0 Å². The molecule has 0 bridgehead atoms. The first-order valence-corrected chi connectivity index (χ1v) is 6.39. The van der Waals surface area contributed by atoms with Crippen molar-refractivity contribution in [1.29, 1.82) is 0 Å². The molecule has 0 aliphatic heterocycles. The molecule has 0 fully saturated rings. The maximum atomic E-state index is 6.13. The van der Waals surface area contributed by atoms with Gasteiger partial charge in [0.2, 0.25) is 0 Å². The largest absolute Gasteiger partial charge is 0.378 e. The molecule has 0 aliphatic carbocycles. The average Bonchev–Trinajstić information content (AvgIpc) is 2.81. The molecule has 2 heterocycles. The van der Waals surface area contributed by atoms with Crippen LogP contribution in [0.3, 0.4) is 0 Å². The van der Waals surface area contributed by atoms with E-state index in [-0.39, 0.29) is 0 Å². The van der Waals surface area contributed by atoms with Crippen molar-refractivity contribution < 1.29 is 0 Å². The van der Waals surface area contributed by atoms with Gasteiger partial charge < -0.3 is 10.3 Å². The fourth-order valence-electron chi connectivity index (χ4n) is 2.03. The molecule has 0 unspecified atom stereocenters. The fraction of sp³-hybridized carbons (Fsp3) is 0.143. The molecule has 2 aromatic heterocycles. The third-order valence-electron chi connectivity index (χ3n) is 3.05. The third kappa shape index (κ3) is 2.39. The van der Waals surface area contributed by atoms with Crippen molar-refractivity contribution >= 4 is 28.2 Å². The lowest BCUT2D eigenvalue weighted by molar-refractivity contribution is 1.05. The van der Waals surface area contributed by atoms with Crippen LogP contribution in [-0.2, 0) is 6.54 Å². The van der Waals surface area contributed by atoms with Crippen LogP contribution in [0.4, 0.5) is 5.69 Å². The summed E-state index contributed by atoms with van der Waals surface area (Å²) in [5.74, 6) is 0. The predicted molar refractivity (Wildman–Crippen MR) is 77.4 cm³/mol. The molecule has 3 rings (SSSR count). The minimum atomic E-state index is 0.640. The van der Waals surface area contributed by atoms with Crippen molar-refractivity contribution in [2.45, 2.75) is 13.5 Å². The van der Waals surface area contributed by atoms with Crippen LogP contribution in [0.5, 0.6) is 0 Å². The molecule has 0 amide bonds. The van der Waals surface area contributed by atoms with E-state index >= 15 is 0 Å². The summed E-state index contributed by atoms with van der Waals surface area (Å²) in [5, 5.41) is 5.06. The Hall–Kier alpha value is -2.07. The second-order valence-corrected chi connectivity index (χ2v) is 4.79. The Morgan fingerprint density at radius 1 is 1.32 bits per heavy atom. The Bertz CT molecular complexity index is 720. The number of pyridine rings is 1. The highest BCUT2D eigenvalue weighted by molar-refractivity contribution is 6.31. The molecule has 19 heavy (non-hydrogen) atoms. The van der Waals surface area contributed by atoms with Crippen molar-refractivity contribution in [3.8, 4) is 0 Å². The topological polar surface area (TPSA) is 53.6 Å². The van der Waals surface area contributed by atoms with Gasteiger partial charge in [0, 0.05) is 22.3 Å². The van der Waals surface area contributed by atoms with E-state index in [4.69, 9.17) is 11.6 Å². The number of rotatable bonds is 3. The van der Waals surface area contributed by atoms with Crippen LogP contribution in [0, 0.1) is 6.92 Å². The summed E-state index contributed by atoms with van der Waals surface area (Å²) < 4.78 is 0. The molecular formula is C14H13ClN4.